The number of imidazole rings is 1. The van der Waals surface area contributed by atoms with Gasteiger partial charge in [0.1, 0.15) is 35.0 Å². The van der Waals surface area contributed by atoms with Crippen LogP contribution in [0.15, 0.2) is 5.57 Å². The Labute approximate surface area is 98.2 Å². The summed E-state index contributed by atoms with van der Waals surface area (Å²) < 4.78 is 1.72. The first-order valence-corrected chi connectivity index (χ1v) is 5.66. The number of anilines is 1. The molecule has 0 saturated carbocycles. The maximum Gasteiger partial charge on any atom is 0.145 e. The van der Waals surface area contributed by atoms with Gasteiger partial charge in [-0.25, -0.2) is 4.98 Å². The zero-order valence-electron chi connectivity index (χ0n) is 9.27. The lowest BCUT2D eigenvalue weighted by Gasteiger charge is -2.02. The van der Waals surface area contributed by atoms with E-state index < -0.39 is 0 Å². The molecule has 0 spiro atoms. The highest BCUT2D eigenvalue weighted by atomic mass is 32.2. The van der Waals surface area contributed by atoms with E-state index in [1.54, 1.807) is 17.9 Å². The lowest BCUT2D eigenvalue weighted by molar-refractivity contribution is 0.868. The van der Waals surface area contributed by atoms with Crippen molar-refractivity contribution in [2.24, 2.45) is 7.05 Å². The quantitative estimate of drug-likeness (QED) is 0.780. The summed E-state index contributed by atoms with van der Waals surface area (Å²) in [6, 6.07) is 3.70. The summed E-state index contributed by atoms with van der Waals surface area (Å²) >= 11 is 1.30. The first-order valence-electron chi connectivity index (χ1n) is 4.44. The summed E-state index contributed by atoms with van der Waals surface area (Å²) in [5.41, 5.74) is 6.41. The fraction of sp³-hybridized carbons (Fsp3) is 0.300. The van der Waals surface area contributed by atoms with E-state index in [4.69, 9.17) is 16.3 Å². The number of aromatic nitrogens is 2. The Balaban J connectivity index is 3.49. The molecule has 0 radical (unpaired) electrons. The minimum atomic E-state index is 0.0392. The Kier molecular flexibility index (Phi) is 3.60. The highest BCUT2D eigenvalue weighted by Crippen LogP contribution is 2.31. The van der Waals surface area contributed by atoms with Crippen molar-refractivity contribution in [1.29, 1.82) is 10.5 Å². The van der Waals surface area contributed by atoms with Gasteiger partial charge < -0.3 is 10.3 Å². The number of thioether (sulfide) groups is 1. The SMILES string of the molecule is CSC(=C(C#N)C#N)c1nc(C)n(C)c1N. The van der Waals surface area contributed by atoms with E-state index in [1.165, 1.54) is 11.8 Å². The van der Waals surface area contributed by atoms with Crippen molar-refractivity contribution >= 4 is 22.5 Å². The second-order valence-electron chi connectivity index (χ2n) is 3.08. The van der Waals surface area contributed by atoms with Gasteiger partial charge in [0.15, 0.2) is 0 Å². The molecule has 0 aliphatic heterocycles. The van der Waals surface area contributed by atoms with Crippen molar-refractivity contribution in [3.8, 4) is 12.1 Å². The molecule has 0 bridgehead atoms. The molecule has 0 saturated heterocycles. The van der Waals surface area contributed by atoms with Crippen LogP contribution in [-0.4, -0.2) is 15.8 Å². The maximum atomic E-state index is 8.84. The fourth-order valence-electron chi connectivity index (χ4n) is 1.24. The van der Waals surface area contributed by atoms with Gasteiger partial charge in [0.05, 0.1) is 4.91 Å². The van der Waals surface area contributed by atoms with E-state index in [0.717, 1.165) is 5.82 Å². The van der Waals surface area contributed by atoms with E-state index in [9.17, 15) is 0 Å². The van der Waals surface area contributed by atoms with Gasteiger partial charge in [-0.15, -0.1) is 11.8 Å². The highest BCUT2D eigenvalue weighted by molar-refractivity contribution is 8.07. The van der Waals surface area contributed by atoms with Crippen molar-refractivity contribution < 1.29 is 0 Å². The summed E-state index contributed by atoms with van der Waals surface area (Å²) in [6.45, 7) is 1.82. The van der Waals surface area contributed by atoms with Crippen LogP contribution in [0.5, 0.6) is 0 Å². The number of rotatable bonds is 2. The number of allylic oxidation sites excluding steroid dienone is 1. The number of aryl methyl sites for hydroxylation is 1. The Bertz CT molecular complexity index is 511. The van der Waals surface area contributed by atoms with Gasteiger partial charge in [-0.05, 0) is 13.2 Å². The first-order chi connectivity index (χ1) is 7.56. The molecule has 0 aromatic carbocycles. The van der Waals surface area contributed by atoms with Gasteiger partial charge in [0.2, 0.25) is 0 Å². The smallest absolute Gasteiger partial charge is 0.145 e. The molecule has 6 heteroatoms. The summed E-state index contributed by atoms with van der Waals surface area (Å²) in [5.74, 6) is 1.21. The molecule has 0 aliphatic carbocycles. The molecule has 2 N–H and O–H groups in total. The monoisotopic (exact) mass is 233 g/mol. The number of nitrogens with zero attached hydrogens (tertiary/aromatic N) is 4. The van der Waals surface area contributed by atoms with Crippen molar-refractivity contribution in [2.75, 3.05) is 12.0 Å². The number of hydrogen-bond donors (Lipinski definition) is 1. The second kappa shape index (κ2) is 4.73. The molecule has 1 aromatic rings. The van der Waals surface area contributed by atoms with Crippen molar-refractivity contribution in [2.45, 2.75) is 6.92 Å². The molecule has 0 amide bonds. The van der Waals surface area contributed by atoms with Crippen LogP contribution < -0.4 is 5.73 Å². The summed E-state index contributed by atoms with van der Waals surface area (Å²) in [7, 11) is 1.79. The van der Waals surface area contributed by atoms with Crippen LogP contribution >= 0.6 is 11.8 Å². The number of nitrogens with two attached hydrogens (primary N) is 1. The van der Waals surface area contributed by atoms with E-state index in [1.807, 2.05) is 19.1 Å². The van der Waals surface area contributed by atoms with Crippen molar-refractivity contribution in [3.63, 3.8) is 0 Å². The summed E-state index contributed by atoms with van der Waals surface area (Å²) in [5, 5.41) is 17.7. The van der Waals surface area contributed by atoms with Gasteiger partial charge in [-0.1, -0.05) is 0 Å². The molecule has 1 aromatic heterocycles. The summed E-state index contributed by atoms with van der Waals surface area (Å²) in [4.78, 5) is 4.77. The Morgan fingerprint density at radius 2 is 2.00 bits per heavy atom. The predicted octanol–water partition coefficient (Wildman–Crippen LogP) is 1.43. The maximum absolute atomic E-state index is 8.84. The van der Waals surface area contributed by atoms with Crippen LogP contribution in [0.2, 0.25) is 0 Å². The molecule has 16 heavy (non-hydrogen) atoms. The van der Waals surface area contributed by atoms with E-state index >= 15 is 0 Å². The Hall–Kier alpha value is -1.92. The Morgan fingerprint density at radius 3 is 2.31 bits per heavy atom. The number of hydrogen-bond acceptors (Lipinski definition) is 5. The molecule has 5 nitrogen and oxygen atoms in total. The molecule has 0 atom stereocenters. The van der Waals surface area contributed by atoms with Crippen LogP contribution in [0, 0.1) is 29.6 Å². The Morgan fingerprint density at radius 1 is 1.44 bits per heavy atom. The lowest BCUT2D eigenvalue weighted by Crippen LogP contribution is -1.99. The van der Waals surface area contributed by atoms with Crippen LogP contribution in [0.4, 0.5) is 5.82 Å². The van der Waals surface area contributed by atoms with Crippen molar-refractivity contribution in [3.05, 3.63) is 17.1 Å². The number of nitrogen functional groups attached to an aromatic ring is 1. The minimum absolute atomic E-state index is 0.0392. The van der Waals surface area contributed by atoms with Gasteiger partial charge in [0.25, 0.3) is 0 Å². The third-order valence-corrected chi connectivity index (χ3v) is 3.04. The average molecular weight is 233 g/mol. The van der Waals surface area contributed by atoms with Crippen LogP contribution in [0.25, 0.3) is 4.91 Å². The fourth-order valence-corrected chi connectivity index (χ4v) is 1.88. The van der Waals surface area contributed by atoms with Gasteiger partial charge in [-0.3, -0.25) is 0 Å². The van der Waals surface area contributed by atoms with E-state index in [2.05, 4.69) is 4.98 Å². The highest BCUT2D eigenvalue weighted by Gasteiger charge is 2.17. The van der Waals surface area contributed by atoms with Crippen LogP contribution in [-0.2, 0) is 7.05 Å². The molecular weight excluding hydrogens is 222 g/mol. The molecule has 0 aliphatic rings. The third-order valence-electron chi connectivity index (χ3n) is 2.23. The average Bonchev–Trinajstić information content (AvgIpc) is 2.53. The van der Waals surface area contributed by atoms with Crippen LogP contribution in [0.1, 0.15) is 11.5 Å². The van der Waals surface area contributed by atoms with Gasteiger partial charge >= 0.3 is 0 Å². The third kappa shape index (κ3) is 1.88. The molecule has 1 heterocycles. The zero-order chi connectivity index (χ0) is 12.3. The van der Waals surface area contributed by atoms with Crippen molar-refractivity contribution in [1.82, 2.24) is 9.55 Å². The molecule has 1 rings (SSSR count). The lowest BCUT2D eigenvalue weighted by atomic mass is 10.2. The normalized spacial score (nSPS) is 9.31. The largest absolute Gasteiger partial charge is 0.383 e. The van der Waals surface area contributed by atoms with E-state index in [-0.39, 0.29) is 5.57 Å². The van der Waals surface area contributed by atoms with Gasteiger partial charge in [0, 0.05) is 7.05 Å². The summed E-state index contributed by atoms with van der Waals surface area (Å²) in [6.07, 6.45) is 1.79. The molecule has 82 valence electrons. The zero-order valence-corrected chi connectivity index (χ0v) is 10.1. The predicted molar refractivity (Wildman–Crippen MR) is 64.0 cm³/mol. The second-order valence-corrected chi connectivity index (χ2v) is 3.90. The molecule has 0 fully saturated rings. The first kappa shape index (κ1) is 12.2. The minimum Gasteiger partial charge on any atom is -0.383 e. The molecule has 0 unspecified atom stereocenters. The standard InChI is InChI=1S/C10H11N5S/c1-6-14-8(10(13)15(6)2)9(16-3)7(4-11)5-12/h13H2,1-3H3. The van der Waals surface area contributed by atoms with Crippen LogP contribution in [0.3, 0.4) is 0 Å². The van der Waals surface area contributed by atoms with Gasteiger partial charge in [-0.2, -0.15) is 10.5 Å². The topological polar surface area (TPSA) is 91.4 Å². The van der Waals surface area contributed by atoms with E-state index in [0.29, 0.717) is 16.4 Å². The molecular formula is C10H11N5S. The number of nitriles is 2.